The lowest BCUT2D eigenvalue weighted by Gasteiger charge is -2.31. The largest absolute Gasteiger partial charge is 0.481 e. The number of benzene rings is 1. The van der Waals surface area contributed by atoms with E-state index in [1.165, 1.54) is 0 Å². The molecule has 1 radical (unpaired) electrons. The van der Waals surface area contributed by atoms with Crippen molar-refractivity contribution in [3.8, 4) is 0 Å². The van der Waals surface area contributed by atoms with Crippen LogP contribution in [-0.2, 0) is 4.79 Å². The van der Waals surface area contributed by atoms with Gasteiger partial charge < -0.3 is 10.0 Å². The zero-order chi connectivity index (χ0) is 10.7. The van der Waals surface area contributed by atoms with Crippen LogP contribution < -0.4 is 4.90 Å². The lowest BCUT2D eigenvalue weighted by atomic mass is 9.97. The molecule has 0 spiro atoms. The number of piperidine rings is 1. The summed E-state index contributed by atoms with van der Waals surface area (Å²) in [6.07, 6.45) is 1.49. The molecule has 15 heavy (non-hydrogen) atoms. The second-order valence-electron chi connectivity index (χ2n) is 3.86. The van der Waals surface area contributed by atoms with E-state index < -0.39 is 5.97 Å². The van der Waals surface area contributed by atoms with E-state index in [-0.39, 0.29) is 5.92 Å². The highest BCUT2D eigenvalue weighted by Gasteiger charge is 2.24. The summed E-state index contributed by atoms with van der Waals surface area (Å²) >= 11 is 0. The highest BCUT2D eigenvalue weighted by molar-refractivity contribution is 5.70. The summed E-state index contributed by atoms with van der Waals surface area (Å²) in [5, 5.41) is 8.87. The molecular formula is C12H14NO2. The third-order valence-corrected chi connectivity index (χ3v) is 2.91. The Morgan fingerprint density at radius 3 is 2.47 bits per heavy atom. The average molecular weight is 204 g/mol. The summed E-state index contributed by atoms with van der Waals surface area (Å²) < 4.78 is 0. The highest BCUT2D eigenvalue weighted by Crippen LogP contribution is 2.22. The molecule has 0 aromatic heterocycles. The molecule has 0 bridgehead atoms. The Kier molecular flexibility index (Phi) is 2.90. The lowest BCUT2D eigenvalue weighted by Crippen LogP contribution is -2.36. The Morgan fingerprint density at radius 1 is 1.33 bits per heavy atom. The van der Waals surface area contributed by atoms with Crippen LogP contribution in [0.3, 0.4) is 0 Å². The number of carbonyl (C=O) groups is 1. The van der Waals surface area contributed by atoms with Crippen LogP contribution >= 0.6 is 0 Å². The van der Waals surface area contributed by atoms with Crippen LogP contribution in [0.4, 0.5) is 5.69 Å². The number of aliphatic carboxylic acids is 1. The first-order chi connectivity index (χ1) is 7.27. The number of rotatable bonds is 2. The van der Waals surface area contributed by atoms with E-state index in [0.29, 0.717) is 0 Å². The molecule has 1 aliphatic rings. The SMILES string of the molecule is O=C(O)C1CCN(c2cc[c]cc2)CC1. The maximum absolute atomic E-state index is 10.8. The van der Waals surface area contributed by atoms with Crippen molar-refractivity contribution in [1.82, 2.24) is 0 Å². The van der Waals surface area contributed by atoms with Gasteiger partial charge in [-0.2, -0.15) is 0 Å². The first kappa shape index (κ1) is 10.0. The van der Waals surface area contributed by atoms with Gasteiger partial charge in [-0.05, 0) is 31.0 Å². The van der Waals surface area contributed by atoms with E-state index in [1.807, 2.05) is 24.3 Å². The van der Waals surface area contributed by atoms with Crippen molar-refractivity contribution in [2.24, 2.45) is 5.92 Å². The molecule has 1 aromatic carbocycles. The van der Waals surface area contributed by atoms with Crippen molar-refractivity contribution in [3.63, 3.8) is 0 Å². The molecule has 0 saturated carbocycles. The Morgan fingerprint density at radius 2 is 1.93 bits per heavy atom. The van der Waals surface area contributed by atoms with E-state index in [0.717, 1.165) is 31.6 Å². The molecule has 1 N–H and O–H groups in total. The summed E-state index contributed by atoms with van der Waals surface area (Å²) in [6.45, 7) is 1.67. The standard InChI is InChI=1S/C12H14NO2/c14-12(15)10-6-8-13(9-7-10)11-4-2-1-3-5-11/h2-5,10H,6-9H2,(H,14,15). The predicted octanol–water partition coefficient (Wildman–Crippen LogP) is 1.79. The van der Waals surface area contributed by atoms with Crippen LogP contribution in [0.2, 0.25) is 0 Å². The molecule has 0 amide bonds. The molecule has 0 aliphatic carbocycles. The number of nitrogens with zero attached hydrogens (tertiary/aromatic N) is 1. The quantitative estimate of drug-likeness (QED) is 0.798. The number of hydrogen-bond acceptors (Lipinski definition) is 2. The van der Waals surface area contributed by atoms with Gasteiger partial charge in [-0.1, -0.05) is 12.1 Å². The lowest BCUT2D eigenvalue weighted by molar-refractivity contribution is -0.142. The topological polar surface area (TPSA) is 40.5 Å². The van der Waals surface area contributed by atoms with Crippen molar-refractivity contribution in [1.29, 1.82) is 0 Å². The molecule has 3 heteroatoms. The summed E-state index contributed by atoms with van der Waals surface area (Å²) in [4.78, 5) is 13.0. The number of carboxylic acids is 1. The third-order valence-electron chi connectivity index (χ3n) is 2.91. The zero-order valence-electron chi connectivity index (χ0n) is 8.52. The predicted molar refractivity (Wildman–Crippen MR) is 57.9 cm³/mol. The molecule has 1 aromatic rings. The average Bonchev–Trinajstić information content (AvgIpc) is 2.30. The molecule has 0 atom stereocenters. The first-order valence-electron chi connectivity index (χ1n) is 5.21. The molecule has 1 aliphatic heterocycles. The number of carboxylic acid groups (broad SMARTS) is 1. The molecular weight excluding hydrogens is 190 g/mol. The van der Waals surface area contributed by atoms with Gasteiger partial charge in [0.05, 0.1) is 5.92 Å². The summed E-state index contributed by atoms with van der Waals surface area (Å²) in [5.74, 6) is -0.812. The molecule has 0 unspecified atom stereocenters. The van der Waals surface area contributed by atoms with E-state index in [1.54, 1.807) is 0 Å². The van der Waals surface area contributed by atoms with Crippen LogP contribution in [0, 0.1) is 12.0 Å². The third kappa shape index (κ3) is 2.29. The fourth-order valence-corrected chi connectivity index (χ4v) is 1.97. The van der Waals surface area contributed by atoms with Crippen LogP contribution in [-0.4, -0.2) is 24.2 Å². The maximum Gasteiger partial charge on any atom is 0.306 e. The molecule has 2 rings (SSSR count). The minimum absolute atomic E-state index is 0.156. The monoisotopic (exact) mass is 204 g/mol. The van der Waals surface area contributed by atoms with Gasteiger partial charge in [0.15, 0.2) is 0 Å². The zero-order valence-corrected chi connectivity index (χ0v) is 8.52. The van der Waals surface area contributed by atoms with Gasteiger partial charge in [0, 0.05) is 18.8 Å². The smallest absolute Gasteiger partial charge is 0.306 e. The van der Waals surface area contributed by atoms with Gasteiger partial charge in [0.1, 0.15) is 0 Å². The molecule has 1 saturated heterocycles. The van der Waals surface area contributed by atoms with Crippen molar-refractivity contribution in [2.45, 2.75) is 12.8 Å². The summed E-state index contributed by atoms with van der Waals surface area (Å²) in [7, 11) is 0. The van der Waals surface area contributed by atoms with E-state index in [4.69, 9.17) is 5.11 Å². The van der Waals surface area contributed by atoms with Gasteiger partial charge in [0.2, 0.25) is 0 Å². The molecule has 1 fully saturated rings. The summed E-state index contributed by atoms with van der Waals surface area (Å²) in [6, 6.07) is 10.8. The summed E-state index contributed by atoms with van der Waals surface area (Å²) in [5.41, 5.74) is 1.16. The van der Waals surface area contributed by atoms with Crippen LogP contribution in [0.15, 0.2) is 24.3 Å². The molecule has 1 heterocycles. The van der Waals surface area contributed by atoms with Gasteiger partial charge in [-0.3, -0.25) is 4.79 Å². The van der Waals surface area contributed by atoms with Gasteiger partial charge in [-0.15, -0.1) is 0 Å². The maximum atomic E-state index is 10.8. The van der Waals surface area contributed by atoms with Crippen LogP contribution in [0.1, 0.15) is 12.8 Å². The van der Waals surface area contributed by atoms with Gasteiger partial charge >= 0.3 is 5.97 Å². The minimum atomic E-state index is -0.656. The van der Waals surface area contributed by atoms with Crippen molar-refractivity contribution in [3.05, 3.63) is 30.3 Å². The Balaban J connectivity index is 1.97. The Hall–Kier alpha value is -1.51. The van der Waals surface area contributed by atoms with E-state index in [9.17, 15) is 4.79 Å². The van der Waals surface area contributed by atoms with Crippen LogP contribution in [0.25, 0.3) is 0 Å². The fourth-order valence-electron chi connectivity index (χ4n) is 1.97. The second kappa shape index (κ2) is 4.34. The first-order valence-corrected chi connectivity index (χ1v) is 5.21. The number of hydrogen-bond donors (Lipinski definition) is 1. The second-order valence-corrected chi connectivity index (χ2v) is 3.86. The minimum Gasteiger partial charge on any atom is -0.481 e. The van der Waals surface area contributed by atoms with Crippen molar-refractivity contribution < 1.29 is 9.90 Å². The van der Waals surface area contributed by atoms with Gasteiger partial charge in [-0.25, -0.2) is 0 Å². The number of anilines is 1. The van der Waals surface area contributed by atoms with Gasteiger partial charge in [0.25, 0.3) is 0 Å². The van der Waals surface area contributed by atoms with Crippen LogP contribution in [0.5, 0.6) is 0 Å². The van der Waals surface area contributed by atoms with E-state index in [2.05, 4.69) is 11.0 Å². The highest BCUT2D eigenvalue weighted by atomic mass is 16.4. The normalized spacial score (nSPS) is 17.7. The fraction of sp³-hybridized carbons (Fsp3) is 0.417. The molecule has 79 valence electrons. The van der Waals surface area contributed by atoms with Crippen molar-refractivity contribution >= 4 is 11.7 Å². The van der Waals surface area contributed by atoms with Crippen molar-refractivity contribution in [2.75, 3.05) is 18.0 Å². The molecule has 3 nitrogen and oxygen atoms in total. The Labute approximate surface area is 89.3 Å². The Bertz CT molecular complexity index is 329. The van der Waals surface area contributed by atoms with E-state index >= 15 is 0 Å².